The van der Waals surface area contributed by atoms with Gasteiger partial charge in [0.15, 0.2) is 0 Å². The Morgan fingerprint density at radius 3 is 2.38 bits per heavy atom. The zero-order valence-corrected chi connectivity index (χ0v) is 13.1. The van der Waals surface area contributed by atoms with Gasteiger partial charge in [-0.15, -0.1) is 0 Å². The Morgan fingerprint density at radius 1 is 1.24 bits per heavy atom. The molecule has 1 aromatic rings. The standard InChI is InChI=1S/C16H24N2O3/c1-16(2,3)13(15(20)21)18-14(19)12-8-6-5-7-11(12)9-10-17-4/h5-8,13,17H,9-10H2,1-4H3,(H,18,19)(H,20,21)/t13-/m1/s1. The number of carbonyl (C=O) groups excluding carboxylic acids is 1. The molecule has 1 rings (SSSR count). The second kappa shape index (κ2) is 7.22. The third kappa shape index (κ3) is 4.86. The molecule has 0 unspecified atom stereocenters. The van der Waals surface area contributed by atoms with Gasteiger partial charge in [-0.1, -0.05) is 39.0 Å². The van der Waals surface area contributed by atoms with Crippen molar-refractivity contribution in [2.24, 2.45) is 5.41 Å². The van der Waals surface area contributed by atoms with Crippen LogP contribution in [-0.4, -0.2) is 36.6 Å². The second-order valence-electron chi connectivity index (χ2n) is 6.12. The molecule has 3 N–H and O–H groups in total. The predicted octanol–water partition coefficient (Wildman–Crippen LogP) is 1.68. The first-order chi connectivity index (χ1) is 9.77. The lowest BCUT2D eigenvalue weighted by molar-refractivity contribution is -0.142. The number of nitrogens with one attached hydrogen (secondary N) is 2. The van der Waals surface area contributed by atoms with Gasteiger partial charge >= 0.3 is 5.97 Å². The molecule has 1 aromatic carbocycles. The van der Waals surface area contributed by atoms with Crippen LogP contribution in [0.1, 0.15) is 36.7 Å². The maximum absolute atomic E-state index is 12.4. The molecule has 0 saturated carbocycles. The minimum Gasteiger partial charge on any atom is -0.480 e. The van der Waals surface area contributed by atoms with Crippen molar-refractivity contribution in [3.63, 3.8) is 0 Å². The third-order valence-electron chi connectivity index (χ3n) is 3.29. The molecule has 1 atom stereocenters. The maximum atomic E-state index is 12.4. The highest BCUT2D eigenvalue weighted by atomic mass is 16.4. The summed E-state index contributed by atoms with van der Waals surface area (Å²) in [6, 6.07) is 6.34. The Labute approximate surface area is 125 Å². The summed E-state index contributed by atoms with van der Waals surface area (Å²) in [5.41, 5.74) is 0.882. The topological polar surface area (TPSA) is 78.4 Å². The number of amides is 1. The highest BCUT2D eigenvalue weighted by molar-refractivity contribution is 5.98. The molecule has 0 spiro atoms. The molecule has 0 radical (unpaired) electrons. The highest BCUT2D eigenvalue weighted by Gasteiger charge is 2.33. The van der Waals surface area contributed by atoms with Crippen LogP contribution in [-0.2, 0) is 11.2 Å². The molecule has 0 heterocycles. The average molecular weight is 292 g/mol. The van der Waals surface area contributed by atoms with Crippen molar-refractivity contribution in [1.82, 2.24) is 10.6 Å². The molecule has 0 aliphatic heterocycles. The molecule has 0 fully saturated rings. The van der Waals surface area contributed by atoms with E-state index in [0.29, 0.717) is 12.0 Å². The molecule has 5 heteroatoms. The number of carboxylic acid groups (broad SMARTS) is 1. The lowest BCUT2D eigenvalue weighted by atomic mass is 9.86. The third-order valence-corrected chi connectivity index (χ3v) is 3.29. The monoisotopic (exact) mass is 292 g/mol. The number of aliphatic carboxylic acids is 1. The first-order valence-corrected chi connectivity index (χ1v) is 7.03. The SMILES string of the molecule is CNCCc1ccccc1C(=O)N[C@H](C(=O)O)C(C)(C)C. The van der Waals surface area contributed by atoms with E-state index in [9.17, 15) is 14.7 Å². The largest absolute Gasteiger partial charge is 0.480 e. The number of hydrogen-bond donors (Lipinski definition) is 3. The van der Waals surface area contributed by atoms with Crippen LogP contribution in [0.2, 0.25) is 0 Å². The number of hydrogen-bond acceptors (Lipinski definition) is 3. The van der Waals surface area contributed by atoms with Crippen LogP contribution in [0.15, 0.2) is 24.3 Å². The molecule has 0 aliphatic carbocycles. The molecule has 5 nitrogen and oxygen atoms in total. The van der Waals surface area contributed by atoms with Crippen LogP contribution < -0.4 is 10.6 Å². The van der Waals surface area contributed by atoms with E-state index in [1.165, 1.54) is 0 Å². The van der Waals surface area contributed by atoms with E-state index in [2.05, 4.69) is 10.6 Å². The fraction of sp³-hybridized carbons (Fsp3) is 0.500. The Balaban J connectivity index is 2.95. The van der Waals surface area contributed by atoms with Crippen LogP contribution in [0.4, 0.5) is 0 Å². The Bertz CT molecular complexity index is 506. The minimum absolute atomic E-state index is 0.343. The predicted molar refractivity (Wildman–Crippen MR) is 82.4 cm³/mol. The van der Waals surface area contributed by atoms with Gasteiger partial charge in [0, 0.05) is 5.56 Å². The van der Waals surface area contributed by atoms with E-state index in [1.54, 1.807) is 32.9 Å². The lowest BCUT2D eigenvalue weighted by Crippen LogP contribution is -2.49. The van der Waals surface area contributed by atoms with Gasteiger partial charge in [0.2, 0.25) is 0 Å². The van der Waals surface area contributed by atoms with Crippen molar-refractivity contribution in [3.8, 4) is 0 Å². The van der Waals surface area contributed by atoms with E-state index >= 15 is 0 Å². The molecule has 0 saturated heterocycles. The first kappa shape index (κ1) is 17.2. The summed E-state index contributed by atoms with van der Waals surface area (Å²) in [5, 5.41) is 15.0. The Hall–Kier alpha value is -1.88. The lowest BCUT2D eigenvalue weighted by Gasteiger charge is -2.28. The molecular weight excluding hydrogens is 268 g/mol. The zero-order valence-electron chi connectivity index (χ0n) is 13.1. The van der Waals surface area contributed by atoms with Crippen LogP contribution in [0.5, 0.6) is 0 Å². The average Bonchev–Trinajstić information content (AvgIpc) is 2.40. The summed E-state index contributed by atoms with van der Waals surface area (Å²) < 4.78 is 0. The van der Waals surface area contributed by atoms with Gasteiger partial charge in [-0.25, -0.2) is 4.79 Å². The first-order valence-electron chi connectivity index (χ1n) is 7.03. The molecule has 21 heavy (non-hydrogen) atoms. The van der Waals surface area contributed by atoms with Crippen molar-refractivity contribution < 1.29 is 14.7 Å². The second-order valence-corrected chi connectivity index (χ2v) is 6.12. The molecular formula is C16H24N2O3. The van der Waals surface area contributed by atoms with E-state index in [0.717, 1.165) is 12.1 Å². The number of benzene rings is 1. The van der Waals surface area contributed by atoms with E-state index in [-0.39, 0.29) is 5.91 Å². The summed E-state index contributed by atoms with van der Waals surface area (Å²) in [4.78, 5) is 23.7. The van der Waals surface area contributed by atoms with Crippen molar-refractivity contribution in [2.45, 2.75) is 33.2 Å². The maximum Gasteiger partial charge on any atom is 0.326 e. The van der Waals surface area contributed by atoms with Crippen LogP contribution in [0.25, 0.3) is 0 Å². The van der Waals surface area contributed by atoms with E-state index in [4.69, 9.17) is 0 Å². The van der Waals surface area contributed by atoms with E-state index < -0.39 is 17.4 Å². The van der Waals surface area contributed by atoms with Gasteiger partial charge in [0.1, 0.15) is 6.04 Å². The number of carbonyl (C=O) groups is 2. The highest BCUT2D eigenvalue weighted by Crippen LogP contribution is 2.20. The van der Waals surface area contributed by atoms with Crippen molar-refractivity contribution >= 4 is 11.9 Å². The van der Waals surface area contributed by atoms with Gasteiger partial charge in [-0.05, 0) is 37.1 Å². The summed E-state index contributed by atoms with van der Waals surface area (Å²) in [6.07, 6.45) is 0.716. The summed E-state index contributed by atoms with van der Waals surface area (Å²) >= 11 is 0. The fourth-order valence-electron chi connectivity index (χ4n) is 2.08. The van der Waals surface area contributed by atoms with Crippen molar-refractivity contribution in [1.29, 1.82) is 0 Å². The summed E-state index contributed by atoms with van der Waals surface area (Å²) in [5.74, 6) is -1.37. The molecule has 0 aromatic heterocycles. The van der Waals surface area contributed by atoms with E-state index in [1.807, 2.05) is 19.2 Å². The number of likely N-dealkylation sites (N-methyl/N-ethyl adjacent to an activating group) is 1. The summed E-state index contributed by atoms with van der Waals surface area (Å²) in [6.45, 7) is 6.13. The van der Waals surface area contributed by atoms with Crippen molar-refractivity contribution in [3.05, 3.63) is 35.4 Å². The molecule has 116 valence electrons. The smallest absolute Gasteiger partial charge is 0.326 e. The normalized spacial score (nSPS) is 12.8. The quantitative estimate of drug-likeness (QED) is 0.745. The zero-order chi connectivity index (χ0) is 16.0. The molecule has 1 amide bonds. The van der Waals surface area contributed by atoms with Gasteiger partial charge in [-0.3, -0.25) is 4.79 Å². The van der Waals surface area contributed by atoms with Gasteiger partial charge < -0.3 is 15.7 Å². The Kier molecular flexibility index (Phi) is 5.90. The fourth-order valence-corrected chi connectivity index (χ4v) is 2.08. The number of rotatable bonds is 6. The Morgan fingerprint density at radius 2 is 1.86 bits per heavy atom. The van der Waals surface area contributed by atoms with Crippen molar-refractivity contribution in [2.75, 3.05) is 13.6 Å². The number of carboxylic acids is 1. The van der Waals surface area contributed by atoms with Crippen LogP contribution in [0.3, 0.4) is 0 Å². The minimum atomic E-state index is -1.02. The van der Waals surface area contributed by atoms with Gasteiger partial charge in [-0.2, -0.15) is 0 Å². The molecule has 0 bridgehead atoms. The summed E-state index contributed by atoms with van der Waals surface area (Å²) in [7, 11) is 1.85. The molecule has 0 aliphatic rings. The van der Waals surface area contributed by atoms with Crippen LogP contribution >= 0.6 is 0 Å². The van der Waals surface area contributed by atoms with Crippen LogP contribution in [0, 0.1) is 5.41 Å². The van der Waals surface area contributed by atoms with Gasteiger partial charge in [0.05, 0.1) is 0 Å². The van der Waals surface area contributed by atoms with Gasteiger partial charge in [0.25, 0.3) is 5.91 Å².